The number of hydrogen-bond donors (Lipinski definition) is 0. The molecule has 4 rings (SSSR count). The topological polar surface area (TPSA) is 60.4 Å². The number of anilines is 1. The van der Waals surface area contributed by atoms with E-state index in [1.807, 2.05) is 6.07 Å². The molecule has 2 aromatic rings. The first kappa shape index (κ1) is 17.0. The minimum absolute atomic E-state index is 0.0805. The standard InChI is InChI=1S/C17H17F3N4O2/c18-17(19,20)14-3-6-22-15(23-14)24-7-4-16(11-24)8-13(10-25-16)26-12-2-1-5-21-9-12/h1-3,5-6,9,13H,4,7-8,10-11H2. The van der Waals surface area contributed by atoms with Crippen LogP contribution in [0.15, 0.2) is 36.8 Å². The summed E-state index contributed by atoms with van der Waals surface area (Å²) in [6.07, 6.45) is 1.21. The van der Waals surface area contributed by atoms with Crippen LogP contribution in [0, 0.1) is 0 Å². The smallest absolute Gasteiger partial charge is 0.433 e. The van der Waals surface area contributed by atoms with E-state index in [4.69, 9.17) is 9.47 Å². The van der Waals surface area contributed by atoms with Crippen molar-refractivity contribution in [1.29, 1.82) is 0 Å². The lowest BCUT2D eigenvalue weighted by Gasteiger charge is -2.23. The maximum atomic E-state index is 12.9. The van der Waals surface area contributed by atoms with E-state index in [-0.39, 0.29) is 12.1 Å². The molecule has 0 bridgehead atoms. The maximum Gasteiger partial charge on any atom is 0.433 e. The lowest BCUT2D eigenvalue weighted by atomic mass is 9.98. The second-order valence-corrected chi connectivity index (χ2v) is 6.54. The summed E-state index contributed by atoms with van der Waals surface area (Å²) in [7, 11) is 0. The zero-order valence-electron chi connectivity index (χ0n) is 13.8. The molecule has 2 aromatic heterocycles. The van der Waals surface area contributed by atoms with Gasteiger partial charge in [-0.3, -0.25) is 4.98 Å². The van der Waals surface area contributed by atoms with E-state index in [1.165, 1.54) is 0 Å². The third-order valence-corrected chi connectivity index (χ3v) is 4.64. The van der Waals surface area contributed by atoms with E-state index < -0.39 is 17.5 Å². The van der Waals surface area contributed by atoms with Gasteiger partial charge in [0.1, 0.15) is 17.5 Å². The van der Waals surface area contributed by atoms with Crippen molar-refractivity contribution in [3.8, 4) is 5.75 Å². The molecule has 2 saturated heterocycles. The zero-order valence-corrected chi connectivity index (χ0v) is 13.8. The molecule has 2 atom stereocenters. The Labute approximate surface area is 148 Å². The highest BCUT2D eigenvalue weighted by atomic mass is 19.4. The average molecular weight is 366 g/mol. The molecule has 26 heavy (non-hydrogen) atoms. The Kier molecular flexibility index (Phi) is 4.18. The summed E-state index contributed by atoms with van der Waals surface area (Å²) in [6, 6.07) is 4.50. The fraction of sp³-hybridized carbons (Fsp3) is 0.471. The zero-order chi connectivity index (χ0) is 18.2. The van der Waals surface area contributed by atoms with Crippen LogP contribution < -0.4 is 9.64 Å². The van der Waals surface area contributed by atoms with Crippen molar-refractivity contribution < 1.29 is 22.6 Å². The van der Waals surface area contributed by atoms with Gasteiger partial charge in [0.2, 0.25) is 5.95 Å². The number of rotatable bonds is 3. The van der Waals surface area contributed by atoms with Gasteiger partial charge < -0.3 is 14.4 Å². The molecule has 2 aliphatic rings. The molecule has 0 aliphatic carbocycles. The fourth-order valence-corrected chi connectivity index (χ4v) is 3.45. The molecule has 0 radical (unpaired) electrons. The molecule has 1 spiro atoms. The highest BCUT2D eigenvalue weighted by molar-refractivity contribution is 5.35. The second-order valence-electron chi connectivity index (χ2n) is 6.54. The SMILES string of the molecule is FC(F)(F)c1ccnc(N2CCC3(CC(Oc4cccnc4)CO3)C2)n1. The number of nitrogens with zero attached hydrogens (tertiary/aromatic N) is 4. The second kappa shape index (κ2) is 6.39. The Morgan fingerprint density at radius 2 is 2.15 bits per heavy atom. The fourth-order valence-electron chi connectivity index (χ4n) is 3.45. The molecule has 0 saturated carbocycles. The molecule has 4 heterocycles. The molecule has 0 aromatic carbocycles. The van der Waals surface area contributed by atoms with Crippen LogP contribution in [0.1, 0.15) is 18.5 Å². The summed E-state index contributed by atoms with van der Waals surface area (Å²) < 4.78 is 50.4. The van der Waals surface area contributed by atoms with Gasteiger partial charge in [0, 0.05) is 25.4 Å². The van der Waals surface area contributed by atoms with Gasteiger partial charge >= 0.3 is 6.18 Å². The van der Waals surface area contributed by atoms with E-state index in [1.54, 1.807) is 23.4 Å². The van der Waals surface area contributed by atoms with Gasteiger partial charge in [0.15, 0.2) is 0 Å². The van der Waals surface area contributed by atoms with Crippen LogP contribution in [-0.4, -0.2) is 46.4 Å². The van der Waals surface area contributed by atoms with Crippen molar-refractivity contribution in [3.63, 3.8) is 0 Å². The van der Waals surface area contributed by atoms with Gasteiger partial charge in [0.05, 0.1) is 24.9 Å². The molecule has 6 nitrogen and oxygen atoms in total. The number of hydrogen-bond acceptors (Lipinski definition) is 6. The van der Waals surface area contributed by atoms with Gasteiger partial charge in [-0.15, -0.1) is 0 Å². The van der Waals surface area contributed by atoms with E-state index in [0.717, 1.165) is 12.3 Å². The minimum atomic E-state index is -4.48. The quantitative estimate of drug-likeness (QED) is 0.833. The number of pyridine rings is 1. The van der Waals surface area contributed by atoms with Crippen molar-refractivity contribution >= 4 is 5.95 Å². The van der Waals surface area contributed by atoms with Crippen LogP contribution in [0.3, 0.4) is 0 Å². The summed E-state index contributed by atoms with van der Waals surface area (Å²) in [5.41, 5.74) is -1.38. The number of aromatic nitrogens is 3. The normalized spacial score (nSPS) is 25.8. The third-order valence-electron chi connectivity index (χ3n) is 4.64. The van der Waals surface area contributed by atoms with E-state index in [0.29, 0.717) is 38.3 Å². The van der Waals surface area contributed by atoms with Crippen LogP contribution >= 0.6 is 0 Å². The lowest BCUT2D eigenvalue weighted by molar-refractivity contribution is -0.141. The number of alkyl halides is 3. The van der Waals surface area contributed by atoms with Gasteiger partial charge in [-0.25, -0.2) is 9.97 Å². The monoisotopic (exact) mass is 366 g/mol. The predicted molar refractivity (Wildman–Crippen MR) is 85.8 cm³/mol. The van der Waals surface area contributed by atoms with Gasteiger partial charge in [0.25, 0.3) is 0 Å². The van der Waals surface area contributed by atoms with E-state index >= 15 is 0 Å². The molecule has 2 unspecified atom stereocenters. The summed E-state index contributed by atoms with van der Waals surface area (Å²) >= 11 is 0. The average Bonchev–Trinajstić information content (AvgIpc) is 3.22. The first-order valence-electron chi connectivity index (χ1n) is 8.29. The molecule has 138 valence electrons. The number of ether oxygens (including phenoxy) is 2. The lowest BCUT2D eigenvalue weighted by Crippen LogP contribution is -2.34. The van der Waals surface area contributed by atoms with Crippen LogP contribution in [0.2, 0.25) is 0 Å². The van der Waals surface area contributed by atoms with Gasteiger partial charge in [-0.2, -0.15) is 13.2 Å². The van der Waals surface area contributed by atoms with Crippen LogP contribution in [0.4, 0.5) is 19.1 Å². The molecule has 9 heteroatoms. The Bertz CT molecular complexity index is 774. The summed E-state index contributed by atoms with van der Waals surface area (Å²) in [5.74, 6) is 0.756. The van der Waals surface area contributed by atoms with Gasteiger partial charge in [-0.1, -0.05) is 0 Å². The molecule has 2 aliphatic heterocycles. The summed E-state index contributed by atoms with van der Waals surface area (Å²) in [5, 5.41) is 0. The predicted octanol–water partition coefficient (Wildman–Crippen LogP) is 2.71. The minimum Gasteiger partial charge on any atom is -0.486 e. The number of halogens is 3. The van der Waals surface area contributed by atoms with Crippen LogP contribution in [0.5, 0.6) is 5.75 Å². The largest absolute Gasteiger partial charge is 0.486 e. The molecular formula is C17H17F3N4O2. The summed E-state index contributed by atoms with van der Waals surface area (Å²) in [4.78, 5) is 13.4. The van der Waals surface area contributed by atoms with E-state index in [9.17, 15) is 13.2 Å². The maximum absolute atomic E-state index is 12.9. The van der Waals surface area contributed by atoms with Crippen molar-refractivity contribution in [1.82, 2.24) is 15.0 Å². The van der Waals surface area contributed by atoms with Crippen molar-refractivity contribution in [2.75, 3.05) is 24.6 Å². The van der Waals surface area contributed by atoms with Crippen LogP contribution in [-0.2, 0) is 10.9 Å². The van der Waals surface area contributed by atoms with Crippen molar-refractivity contribution in [2.45, 2.75) is 30.7 Å². The molecule has 0 N–H and O–H groups in total. The van der Waals surface area contributed by atoms with Crippen molar-refractivity contribution in [2.24, 2.45) is 0 Å². The molecule has 2 fully saturated rings. The Balaban J connectivity index is 1.42. The third kappa shape index (κ3) is 3.44. The van der Waals surface area contributed by atoms with Gasteiger partial charge in [-0.05, 0) is 24.6 Å². The first-order valence-corrected chi connectivity index (χ1v) is 8.29. The Morgan fingerprint density at radius 3 is 2.92 bits per heavy atom. The first-order chi connectivity index (χ1) is 12.4. The highest BCUT2D eigenvalue weighted by Gasteiger charge is 2.47. The van der Waals surface area contributed by atoms with Crippen molar-refractivity contribution in [3.05, 3.63) is 42.5 Å². The molecular weight excluding hydrogens is 349 g/mol. The molecule has 0 amide bonds. The van der Waals surface area contributed by atoms with Crippen LogP contribution in [0.25, 0.3) is 0 Å². The Morgan fingerprint density at radius 1 is 1.27 bits per heavy atom. The van der Waals surface area contributed by atoms with E-state index in [2.05, 4.69) is 15.0 Å². The summed E-state index contributed by atoms with van der Waals surface area (Å²) in [6.45, 7) is 1.42. The Hall–Kier alpha value is -2.42. The highest BCUT2D eigenvalue weighted by Crippen LogP contribution is 2.38.